The summed E-state index contributed by atoms with van der Waals surface area (Å²) in [5.74, 6) is 0. The van der Waals surface area contributed by atoms with Crippen LogP contribution in [-0.4, -0.2) is 50.9 Å². The van der Waals surface area contributed by atoms with E-state index in [9.17, 15) is 0 Å². The van der Waals surface area contributed by atoms with Gasteiger partial charge in [0.15, 0.2) is 0 Å². The first-order valence-corrected chi connectivity index (χ1v) is 5.88. The molecule has 0 bridgehead atoms. The molecule has 0 aromatic rings. The van der Waals surface area contributed by atoms with Crippen LogP contribution in [0.2, 0.25) is 0 Å². The summed E-state index contributed by atoms with van der Waals surface area (Å²) in [5.41, 5.74) is 5.46. The van der Waals surface area contributed by atoms with Crippen LogP contribution in [0.25, 0.3) is 0 Å². The lowest BCUT2D eigenvalue weighted by atomic mass is 10.1. The van der Waals surface area contributed by atoms with Crippen molar-refractivity contribution in [3.63, 3.8) is 0 Å². The standard InChI is InChI=1S/C11H25N2O/c1-13(8-10-14-11-9-13)7-5-3-2-4-6-12/h2-12H2,1H3/q+1. The van der Waals surface area contributed by atoms with E-state index in [1.165, 1.54) is 49.8 Å². The Morgan fingerprint density at radius 2 is 1.71 bits per heavy atom. The van der Waals surface area contributed by atoms with Crippen molar-refractivity contribution in [1.29, 1.82) is 0 Å². The molecular formula is C11H25N2O+. The first-order valence-electron chi connectivity index (χ1n) is 5.88. The maximum absolute atomic E-state index is 5.46. The molecular weight excluding hydrogens is 176 g/mol. The number of nitrogens with two attached hydrogens (primary N) is 1. The van der Waals surface area contributed by atoms with Crippen LogP contribution in [0.4, 0.5) is 0 Å². The van der Waals surface area contributed by atoms with Gasteiger partial charge >= 0.3 is 0 Å². The third kappa shape index (κ3) is 4.40. The minimum atomic E-state index is 0.847. The van der Waals surface area contributed by atoms with Gasteiger partial charge in [-0.1, -0.05) is 6.42 Å². The van der Waals surface area contributed by atoms with E-state index in [1.54, 1.807) is 0 Å². The van der Waals surface area contributed by atoms with E-state index in [4.69, 9.17) is 10.5 Å². The summed E-state index contributed by atoms with van der Waals surface area (Å²) >= 11 is 0. The fraction of sp³-hybridized carbons (Fsp3) is 1.00. The van der Waals surface area contributed by atoms with Crippen LogP contribution >= 0.6 is 0 Å². The van der Waals surface area contributed by atoms with E-state index in [0.29, 0.717) is 0 Å². The highest BCUT2D eigenvalue weighted by molar-refractivity contribution is 4.49. The average molecular weight is 201 g/mol. The largest absolute Gasteiger partial charge is 0.370 e. The quantitative estimate of drug-likeness (QED) is 0.513. The average Bonchev–Trinajstić information content (AvgIpc) is 2.18. The van der Waals surface area contributed by atoms with Gasteiger partial charge in [-0.3, -0.25) is 0 Å². The number of morpholine rings is 1. The molecule has 84 valence electrons. The van der Waals surface area contributed by atoms with E-state index in [0.717, 1.165) is 19.8 Å². The molecule has 14 heavy (non-hydrogen) atoms. The van der Waals surface area contributed by atoms with E-state index in [2.05, 4.69) is 7.05 Å². The molecule has 0 aromatic heterocycles. The number of ether oxygens (including phenoxy) is 1. The summed E-state index contributed by atoms with van der Waals surface area (Å²) in [5, 5.41) is 0. The topological polar surface area (TPSA) is 35.2 Å². The van der Waals surface area contributed by atoms with Crippen molar-refractivity contribution in [3.05, 3.63) is 0 Å². The number of unbranched alkanes of at least 4 members (excludes halogenated alkanes) is 3. The molecule has 2 N–H and O–H groups in total. The number of quaternary nitrogens is 1. The molecule has 0 aromatic carbocycles. The molecule has 0 amide bonds. The van der Waals surface area contributed by atoms with Crippen molar-refractivity contribution in [2.45, 2.75) is 25.7 Å². The van der Waals surface area contributed by atoms with E-state index in [1.807, 2.05) is 0 Å². The lowest BCUT2D eigenvalue weighted by molar-refractivity contribution is -0.917. The predicted molar refractivity (Wildman–Crippen MR) is 59.1 cm³/mol. The second kappa shape index (κ2) is 6.38. The summed E-state index contributed by atoms with van der Waals surface area (Å²) in [7, 11) is 2.35. The first kappa shape index (κ1) is 12.0. The maximum atomic E-state index is 5.46. The third-order valence-electron chi connectivity index (χ3n) is 3.20. The maximum Gasteiger partial charge on any atom is 0.102 e. The summed E-state index contributed by atoms with van der Waals surface area (Å²) in [6.07, 6.45) is 5.17. The van der Waals surface area contributed by atoms with Crippen molar-refractivity contribution in [3.8, 4) is 0 Å². The Kier molecular flexibility index (Phi) is 5.45. The molecule has 0 spiro atoms. The third-order valence-corrected chi connectivity index (χ3v) is 3.20. The summed E-state index contributed by atoms with van der Waals surface area (Å²) in [6.45, 7) is 6.43. The molecule has 0 saturated carbocycles. The molecule has 1 saturated heterocycles. The van der Waals surface area contributed by atoms with Crippen LogP contribution in [-0.2, 0) is 4.74 Å². The molecule has 1 aliphatic heterocycles. The van der Waals surface area contributed by atoms with Crippen LogP contribution in [0.15, 0.2) is 0 Å². The van der Waals surface area contributed by atoms with Crippen LogP contribution < -0.4 is 5.73 Å². The van der Waals surface area contributed by atoms with Gasteiger partial charge in [0.25, 0.3) is 0 Å². The Labute approximate surface area is 87.8 Å². The van der Waals surface area contributed by atoms with Gasteiger partial charge in [-0.05, 0) is 25.8 Å². The van der Waals surface area contributed by atoms with Gasteiger partial charge in [-0.2, -0.15) is 0 Å². The van der Waals surface area contributed by atoms with Crippen LogP contribution in [0.3, 0.4) is 0 Å². The number of nitrogens with zero attached hydrogens (tertiary/aromatic N) is 1. The van der Waals surface area contributed by atoms with Gasteiger partial charge in [-0.15, -0.1) is 0 Å². The number of rotatable bonds is 6. The molecule has 1 heterocycles. The van der Waals surface area contributed by atoms with E-state index in [-0.39, 0.29) is 0 Å². The summed E-state index contributed by atoms with van der Waals surface area (Å²) in [4.78, 5) is 0. The first-order chi connectivity index (χ1) is 6.77. The minimum Gasteiger partial charge on any atom is -0.370 e. The molecule has 3 nitrogen and oxygen atoms in total. The van der Waals surface area contributed by atoms with Crippen molar-refractivity contribution in [2.24, 2.45) is 5.73 Å². The van der Waals surface area contributed by atoms with Crippen LogP contribution in [0, 0.1) is 0 Å². The zero-order valence-corrected chi connectivity index (χ0v) is 9.50. The Hall–Kier alpha value is -0.120. The van der Waals surface area contributed by atoms with Crippen LogP contribution in [0.5, 0.6) is 0 Å². The number of likely N-dealkylation sites (N-methyl/N-ethyl adjacent to an activating group) is 1. The Morgan fingerprint density at radius 3 is 2.36 bits per heavy atom. The second-order valence-electron chi connectivity index (χ2n) is 4.61. The highest BCUT2D eigenvalue weighted by Gasteiger charge is 2.23. The Bertz CT molecular complexity index is 144. The lowest BCUT2D eigenvalue weighted by Crippen LogP contribution is -2.52. The molecule has 1 rings (SSSR count). The second-order valence-corrected chi connectivity index (χ2v) is 4.61. The normalized spacial score (nSPS) is 21.0. The fourth-order valence-corrected chi connectivity index (χ4v) is 2.00. The van der Waals surface area contributed by atoms with Gasteiger partial charge in [0.05, 0.1) is 26.8 Å². The number of hydrogen-bond donors (Lipinski definition) is 1. The van der Waals surface area contributed by atoms with E-state index < -0.39 is 0 Å². The summed E-state index contributed by atoms with van der Waals surface area (Å²) < 4.78 is 6.59. The lowest BCUT2D eigenvalue weighted by Gasteiger charge is -2.37. The smallest absolute Gasteiger partial charge is 0.102 e. The molecule has 0 unspecified atom stereocenters. The molecule has 0 atom stereocenters. The molecule has 1 fully saturated rings. The van der Waals surface area contributed by atoms with Gasteiger partial charge in [0.1, 0.15) is 13.1 Å². The van der Waals surface area contributed by atoms with Gasteiger partial charge in [-0.25, -0.2) is 0 Å². The highest BCUT2D eigenvalue weighted by atomic mass is 16.5. The SMILES string of the molecule is C[N+]1(CCCCCCN)CCOCC1. The van der Waals surface area contributed by atoms with E-state index >= 15 is 0 Å². The fourth-order valence-electron chi connectivity index (χ4n) is 2.00. The van der Waals surface area contributed by atoms with Crippen molar-refractivity contribution in [1.82, 2.24) is 0 Å². The van der Waals surface area contributed by atoms with Gasteiger partial charge in [0.2, 0.25) is 0 Å². The summed E-state index contributed by atoms with van der Waals surface area (Å²) in [6, 6.07) is 0. The molecule has 3 heteroatoms. The van der Waals surface area contributed by atoms with Gasteiger partial charge in [0, 0.05) is 0 Å². The highest BCUT2D eigenvalue weighted by Crippen LogP contribution is 2.10. The zero-order valence-electron chi connectivity index (χ0n) is 9.50. The predicted octanol–water partition coefficient (Wildman–Crippen LogP) is 0.982. The van der Waals surface area contributed by atoms with Crippen molar-refractivity contribution < 1.29 is 9.22 Å². The van der Waals surface area contributed by atoms with Crippen molar-refractivity contribution in [2.75, 3.05) is 46.4 Å². The Morgan fingerprint density at radius 1 is 1.07 bits per heavy atom. The minimum absolute atomic E-state index is 0.847. The van der Waals surface area contributed by atoms with Crippen LogP contribution in [0.1, 0.15) is 25.7 Å². The number of hydrogen-bond acceptors (Lipinski definition) is 2. The monoisotopic (exact) mass is 201 g/mol. The van der Waals surface area contributed by atoms with Gasteiger partial charge < -0.3 is 15.0 Å². The molecule has 0 radical (unpaired) electrons. The van der Waals surface area contributed by atoms with Crippen molar-refractivity contribution >= 4 is 0 Å². The zero-order chi connectivity index (χ0) is 10.3. The molecule has 0 aliphatic carbocycles. The molecule has 1 aliphatic rings. The Balaban J connectivity index is 2.03.